The zero-order valence-electron chi connectivity index (χ0n) is 13.0. The molecule has 0 bridgehead atoms. The second-order valence-electron chi connectivity index (χ2n) is 6.02. The maximum atomic E-state index is 11.9. The minimum atomic E-state index is -0.135. The number of aromatic amines is 1. The van der Waals surface area contributed by atoms with Crippen LogP contribution in [-0.4, -0.2) is 42.4 Å². The molecule has 1 aliphatic rings. The number of H-pyrrole nitrogens is 1. The number of carbonyl (C=O) groups excluding carboxylic acids is 2. The van der Waals surface area contributed by atoms with Crippen LogP contribution in [0.15, 0.2) is 12.3 Å². The standard InChI is InChI=1S/C16H25N3O2/c1-12-6-3-4-8-19(12)9-5-7-17-16(21)15-10-14(11-18-15)13(2)20/h10-12,18H,3-9H2,1-2H3,(H,17,21)/p+1/t12-/m0/s1. The molecular formula is C16H26N3O2+. The molecular weight excluding hydrogens is 266 g/mol. The summed E-state index contributed by atoms with van der Waals surface area (Å²) >= 11 is 0. The Bertz CT molecular complexity index is 495. The number of ketones is 1. The molecule has 1 unspecified atom stereocenters. The van der Waals surface area contributed by atoms with Crippen LogP contribution in [0.3, 0.4) is 0 Å². The minimum absolute atomic E-state index is 0.0343. The number of nitrogens with one attached hydrogen (secondary N) is 3. The van der Waals surface area contributed by atoms with E-state index in [1.807, 2.05) is 0 Å². The Hall–Kier alpha value is -1.62. The normalized spacial score (nSPS) is 22.0. The molecule has 0 aromatic carbocycles. The zero-order valence-corrected chi connectivity index (χ0v) is 13.0. The summed E-state index contributed by atoms with van der Waals surface area (Å²) in [4.78, 5) is 27.6. The van der Waals surface area contributed by atoms with E-state index in [0.29, 0.717) is 17.8 Å². The average Bonchev–Trinajstić information content (AvgIpc) is 2.95. The highest BCUT2D eigenvalue weighted by molar-refractivity contribution is 5.99. The molecule has 5 heteroatoms. The SMILES string of the molecule is CC(=O)c1c[nH]c(C(=O)NCCC[NH+]2CCCC[C@@H]2C)c1. The van der Waals surface area contributed by atoms with E-state index in [0.717, 1.165) is 19.0 Å². The Morgan fingerprint density at radius 2 is 2.24 bits per heavy atom. The maximum Gasteiger partial charge on any atom is 0.267 e. The second-order valence-corrected chi connectivity index (χ2v) is 6.02. The molecule has 3 N–H and O–H groups in total. The van der Waals surface area contributed by atoms with Gasteiger partial charge in [0.1, 0.15) is 5.69 Å². The largest absolute Gasteiger partial charge is 0.356 e. The molecule has 1 saturated heterocycles. The molecule has 0 aliphatic carbocycles. The summed E-state index contributed by atoms with van der Waals surface area (Å²) in [6.45, 7) is 6.87. The first-order valence-corrected chi connectivity index (χ1v) is 7.90. The molecule has 1 amide bonds. The summed E-state index contributed by atoms with van der Waals surface area (Å²) < 4.78 is 0. The number of carbonyl (C=O) groups is 2. The van der Waals surface area contributed by atoms with Crippen molar-refractivity contribution < 1.29 is 14.5 Å². The van der Waals surface area contributed by atoms with Crippen LogP contribution >= 0.6 is 0 Å². The highest BCUT2D eigenvalue weighted by atomic mass is 16.2. The Labute approximate surface area is 126 Å². The number of hydrogen-bond acceptors (Lipinski definition) is 2. The van der Waals surface area contributed by atoms with Crippen LogP contribution in [0.4, 0.5) is 0 Å². The molecule has 0 saturated carbocycles. The van der Waals surface area contributed by atoms with E-state index >= 15 is 0 Å². The second kappa shape index (κ2) is 7.41. The fourth-order valence-electron chi connectivity index (χ4n) is 2.97. The van der Waals surface area contributed by atoms with Crippen molar-refractivity contribution in [2.24, 2.45) is 0 Å². The molecule has 1 aliphatic heterocycles. The predicted molar refractivity (Wildman–Crippen MR) is 81.8 cm³/mol. The minimum Gasteiger partial charge on any atom is -0.356 e. The summed E-state index contributed by atoms with van der Waals surface area (Å²) in [7, 11) is 0. The van der Waals surface area contributed by atoms with Gasteiger partial charge in [-0.3, -0.25) is 9.59 Å². The number of hydrogen-bond donors (Lipinski definition) is 3. The van der Waals surface area contributed by atoms with E-state index in [4.69, 9.17) is 0 Å². The lowest BCUT2D eigenvalue weighted by atomic mass is 10.0. The van der Waals surface area contributed by atoms with Crippen molar-refractivity contribution in [3.63, 3.8) is 0 Å². The first-order chi connectivity index (χ1) is 10.1. The van der Waals surface area contributed by atoms with Crippen LogP contribution in [0.5, 0.6) is 0 Å². The van der Waals surface area contributed by atoms with Gasteiger partial charge in [0.05, 0.1) is 19.1 Å². The Kier molecular flexibility index (Phi) is 5.56. The van der Waals surface area contributed by atoms with Gasteiger partial charge in [-0.1, -0.05) is 0 Å². The highest BCUT2D eigenvalue weighted by Crippen LogP contribution is 2.04. The third-order valence-corrected chi connectivity index (χ3v) is 4.38. The average molecular weight is 292 g/mol. The highest BCUT2D eigenvalue weighted by Gasteiger charge is 2.21. The van der Waals surface area contributed by atoms with E-state index in [-0.39, 0.29) is 11.7 Å². The summed E-state index contributed by atoms with van der Waals surface area (Å²) in [5, 5.41) is 2.91. The van der Waals surface area contributed by atoms with Crippen LogP contribution in [0.25, 0.3) is 0 Å². The fraction of sp³-hybridized carbons (Fsp3) is 0.625. The predicted octanol–water partition coefficient (Wildman–Crippen LogP) is 0.795. The van der Waals surface area contributed by atoms with Crippen LogP contribution in [0, 0.1) is 0 Å². The van der Waals surface area contributed by atoms with Crippen LogP contribution in [0.2, 0.25) is 0 Å². The summed E-state index contributed by atoms with van der Waals surface area (Å²) in [6, 6.07) is 2.35. The molecule has 5 nitrogen and oxygen atoms in total. The van der Waals surface area contributed by atoms with E-state index < -0.39 is 0 Å². The smallest absolute Gasteiger partial charge is 0.267 e. The van der Waals surface area contributed by atoms with Crippen molar-refractivity contribution in [3.05, 3.63) is 23.5 Å². The van der Waals surface area contributed by atoms with Crippen LogP contribution < -0.4 is 10.2 Å². The summed E-state index contributed by atoms with van der Waals surface area (Å²) in [6.07, 6.45) is 6.57. The molecule has 1 aromatic rings. The van der Waals surface area contributed by atoms with E-state index in [1.165, 1.54) is 32.7 Å². The number of piperidine rings is 1. The molecule has 21 heavy (non-hydrogen) atoms. The molecule has 1 fully saturated rings. The van der Waals surface area contributed by atoms with Gasteiger partial charge >= 0.3 is 0 Å². The van der Waals surface area contributed by atoms with E-state index in [2.05, 4.69) is 17.2 Å². The summed E-state index contributed by atoms with van der Waals surface area (Å²) in [5.41, 5.74) is 1.01. The quantitative estimate of drug-likeness (QED) is 0.536. The monoisotopic (exact) mass is 292 g/mol. The molecule has 0 spiro atoms. The van der Waals surface area contributed by atoms with Gasteiger partial charge in [-0.05, 0) is 39.2 Å². The van der Waals surface area contributed by atoms with Gasteiger partial charge in [0.2, 0.25) is 0 Å². The Morgan fingerprint density at radius 3 is 2.90 bits per heavy atom. The van der Waals surface area contributed by atoms with Gasteiger partial charge in [-0.25, -0.2) is 0 Å². The van der Waals surface area contributed by atoms with Crippen LogP contribution in [0.1, 0.15) is 60.4 Å². The number of likely N-dealkylation sites (tertiary alicyclic amines) is 1. The molecule has 0 radical (unpaired) electrons. The Morgan fingerprint density at radius 1 is 1.43 bits per heavy atom. The maximum absolute atomic E-state index is 11.9. The van der Waals surface area contributed by atoms with Gasteiger partial charge in [0.25, 0.3) is 5.91 Å². The van der Waals surface area contributed by atoms with Crippen LogP contribution in [-0.2, 0) is 0 Å². The third kappa shape index (κ3) is 4.43. The lowest BCUT2D eigenvalue weighted by Crippen LogP contribution is -3.16. The Balaban J connectivity index is 1.70. The van der Waals surface area contributed by atoms with Crippen molar-refractivity contribution in [2.75, 3.05) is 19.6 Å². The lowest BCUT2D eigenvalue weighted by Gasteiger charge is -2.30. The van der Waals surface area contributed by atoms with Crippen molar-refractivity contribution >= 4 is 11.7 Å². The number of Topliss-reactive ketones (excluding diaryl/α,β-unsaturated/α-hetero) is 1. The molecule has 1 aromatic heterocycles. The number of quaternary nitrogens is 1. The molecule has 2 atom stereocenters. The van der Waals surface area contributed by atoms with Gasteiger partial charge < -0.3 is 15.2 Å². The first kappa shape index (κ1) is 15.8. The molecule has 116 valence electrons. The van der Waals surface area contributed by atoms with Gasteiger partial charge in [-0.2, -0.15) is 0 Å². The van der Waals surface area contributed by atoms with Gasteiger partial charge in [0.15, 0.2) is 5.78 Å². The number of aromatic nitrogens is 1. The van der Waals surface area contributed by atoms with Gasteiger partial charge in [-0.15, -0.1) is 0 Å². The van der Waals surface area contributed by atoms with Crippen molar-refractivity contribution in [1.29, 1.82) is 0 Å². The van der Waals surface area contributed by atoms with Gasteiger partial charge in [0, 0.05) is 24.7 Å². The zero-order chi connectivity index (χ0) is 15.2. The van der Waals surface area contributed by atoms with Crippen molar-refractivity contribution in [1.82, 2.24) is 10.3 Å². The summed E-state index contributed by atoms with van der Waals surface area (Å²) in [5.74, 6) is -0.169. The van der Waals surface area contributed by atoms with E-state index in [9.17, 15) is 9.59 Å². The van der Waals surface area contributed by atoms with E-state index in [1.54, 1.807) is 17.2 Å². The topological polar surface area (TPSA) is 66.4 Å². The lowest BCUT2D eigenvalue weighted by molar-refractivity contribution is -0.928. The van der Waals surface area contributed by atoms with Crippen molar-refractivity contribution in [2.45, 2.75) is 45.6 Å². The first-order valence-electron chi connectivity index (χ1n) is 7.90. The number of amides is 1. The third-order valence-electron chi connectivity index (χ3n) is 4.38. The fourth-order valence-corrected chi connectivity index (χ4v) is 2.97. The molecule has 2 heterocycles. The molecule has 2 rings (SSSR count). The number of rotatable bonds is 6. The van der Waals surface area contributed by atoms with Crippen molar-refractivity contribution in [3.8, 4) is 0 Å².